The Hall–Kier alpha value is -3.07. The van der Waals surface area contributed by atoms with Crippen LogP contribution in [0.2, 0.25) is 0 Å². The normalized spacial score (nSPS) is 11.2. The molecule has 1 N–H and O–H groups in total. The second-order valence-corrected chi connectivity index (χ2v) is 6.15. The van der Waals surface area contributed by atoms with Gasteiger partial charge in [0.25, 0.3) is 5.56 Å². The number of carbonyl (C=O) groups is 1. The number of nitrogens with zero attached hydrogens (tertiary/aromatic N) is 5. The van der Waals surface area contributed by atoms with Gasteiger partial charge in [-0.25, -0.2) is 9.37 Å². The average molecular weight is 358 g/mol. The number of hydrogen-bond acceptors (Lipinski definition) is 5. The van der Waals surface area contributed by atoms with Crippen LogP contribution in [0.5, 0.6) is 0 Å². The van der Waals surface area contributed by atoms with E-state index in [0.717, 1.165) is 17.2 Å². The molecule has 0 unspecified atom stereocenters. The minimum Gasteiger partial charge on any atom is -0.308 e. The van der Waals surface area contributed by atoms with Crippen molar-refractivity contribution in [1.29, 1.82) is 0 Å². The molecule has 136 valence electrons. The molecular weight excluding hydrogens is 339 g/mol. The van der Waals surface area contributed by atoms with E-state index >= 15 is 0 Å². The highest BCUT2D eigenvalue weighted by Crippen LogP contribution is 2.08. The number of rotatable bonds is 6. The number of amides is 1. The molecule has 0 radical (unpaired) electrons. The van der Waals surface area contributed by atoms with Crippen LogP contribution >= 0.6 is 0 Å². The molecule has 26 heavy (non-hydrogen) atoms. The van der Waals surface area contributed by atoms with Crippen LogP contribution in [0.15, 0.2) is 41.6 Å². The first-order chi connectivity index (χ1) is 12.4. The minimum atomic E-state index is -0.526. The summed E-state index contributed by atoms with van der Waals surface area (Å²) in [5.41, 5.74) is -0.0890. The third kappa shape index (κ3) is 4.12. The van der Waals surface area contributed by atoms with Crippen molar-refractivity contribution < 1.29 is 9.18 Å². The third-order valence-corrected chi connectivity index (χ3v) is 3.78. The summed E-state index contributed by atoms with van der Waals surface area (Å²) >= 11 is 0. The lowest BCUT2D eigenvalue weighted by atomic mass is 10.2. The maximum Gasteiger partial charge on any atom is 0.261 e. The summed E-state index contributed by atoms with van der Waals surface area (Å²) in [6.45, 7) is 1.29. The van der Waals surface area contributed by atoms with Crippen LogP contribution in [0, 0.1) is 5.82 Å². The standard InChI is InChI=1S/C17H19FN6O2/c1-22(2)7-8-24-6-5-15(21-24)20-16(25)10-23-11-19-14-4-3-12(18)9-13(14)17(23)26/h3-6,9,11H,7-8,10H2,1-2H3,(H,20,21,25). The Morgan fingerprint density at radius 2 is 2.12 bits per heavy atom. The van der Waals surface area contributed by atoms with E-state index in [1.807, 2.05) is 19.0 Å². The van der Waals surface area contributed by atoms with E-state index in [1.54, 1.807) is 16.9 Å². The zero-order valence-electron chi connectivity index (χ0n) is 14.5. The predicted molar refractivity (Wildman–Crippen MR) is 95.4 cm³/mol. The van der Waals surface area contributed by atoms with Crippen molar-refractivity contribution in [3.8, 4) is 0 Å². The Balaban J connectivity index is 1.69. The molecule has 2 heterocycles. The summed E-state index contributed by atoms with van der Waals surface area (Å²) in [6.07, 6.45) is 3.05. The fourth-order valence-electron chi connectivity index (χ4n) is 2.44. The molecule has 0 saturated heterocycles. The first-order valence-electron chi connectivity index (χ1n) is 8.05. The zero-order chi connectivity index (χ0) is 18.7. The van der Waals surface area contributed by atoms with Crippen LogP contribution in [-0.4, -0.2) is 50.8 Å². The largest absolute Gasteiger partial charge is 0.308 e. The van der Waals surface area contributed by atoms with Gasteiger partial charge in [0.1, 0.15) is 12.4 Å². The number of fused-ring (bicyclic) bond motifs is 1. The van der Waals surface area contributed by atoms with Crippen molar-refractivity contribution in [1.82, 2.24) is 24.2 Å². The van der Waals surface area contributed by atoms with E-state index < -0.39 is 17.3 Å². The fraction of sp³-hybridized carbons (Fsp3) is 0.294. The molecule has 8 nitrogen and oxygen atoms in total. The molecule has 0 aliphatic carbocycles. The number of nitrogens with one attached hydrogen (secondary N) is 1. The van der Waals surface area contributed by atoms with Crippen LogP contribution in [0.1, 0.15) is 0 Å². The number of likely N-dealkylation sites (N-methyl/N-ethyl adjacent to an activating group) is 1. The maximum absolute atomic E-state index is 13.3. The van der Waals surface area contributed by atoms with Crippen molar-refractivity contribution in [3.63, 3.8) is 0 Å². The molecule has 1 amide bonds. The highest BCUT2D eigenvalue weighted by atomic mass is 19.1. The quantitative estimate of drug-likeness (QED) is 0.709. The topological polar surface area (TPSA) is 85.0 Å². The van der Waals surface area contributed by atoms with E-state index in [0.29, 0.717) is 17.9 Å². The molecule has 0 spiro atoms. The zero-order valence-corrected chi connectivity index (χ0v) is 14.5. The SMILES string of the molecule is CN(C)CCn1ccc(NC(=O)Cn2cnc3ccc(F)cc3c2=O)n1. The van der Waals surface area contributed by atoms with Crippen LogP contribution in [0.3, 0.4) is 0 Å². The summed E-state index contributed by atoms with van der Waals surface area (Å²) in [5, 5.41) is 7.02. The van der Waals surface area contributed by atoms with Gasteiger partial charge in [-0.15, -0.1) is 0 Å². The van der Waals surface area contributed by atoms with E-state index in [-0.39, 0.29) is 11.9 Å². The number of halogens is 1. The molecule has 0 aliphatic rings. The van der Waals surface area contributed by atoms with Gasteiger partial charge in [-0.05, 0) is 32.3 Å². The Bertz CT molecular complexity index is 994. The van der Waals surface area contributed by atoms with Crippen molar-refractivity contribution in [2.24, 2.45) is 0 Å². The third-order valence-electron chi connectivity index (χ3n) is 3.78. The van der Waals surface area contributed by atoms with Gasteiger partial charge in [0.05, 0.1) is 23.8 Å². The predicted octanol–water partition coefficient (Wildman–Crippen LogP) is 0.932. The molecule has 0 saturated carbocycles. The first kappa shape index (κ1) is 17.7. The number of hydrogen-bond donors (Lipinski definition) is 1. The molecule has 0 bridgehead atoms. The van der Waals surface area contributed by atoms with Gasteiger partial charge in [0, 0.05) is 18.8 Å². The lowest BCUT2D eigenvalue weighted by Crippen LogP contribution is -2.28. The van der Waals surface area contributed by atoms with E-state index in [9.17, 15) is 14.0 Å². The summed E-state index contributed by atoms with van der Waals surface area (Å²) in [6, 6.07) is 5.46. The molecular formula is C17H19FN6O2. The van der Waals surface area contributed by atoms with Crippen LogP contribution < -0.4 is 10.9 Å². The van der Waals surface area contributed by atoms with Gasteiger partial charge >= 0.3 is 0 Å². The van der Waals surface area contributed by atoms with Gasteiger partial charge in [-0.2, -0.15) is 5.10 Å². The monoisotopic (exact) mass is 358 g/mol. The van der Waals surface area contributed by atoms with Crippen molar-refractivity contribution in [3.05, 3.63) is 53.0 Å². The highest BCUT2D eigenvalue weighted by molar-refractivity contribution is 5.89. The molecule has 0 aliphatic heterocycles. The summed E-state index contributed by atoms with van der Waals surface area (Å²) in [4.78, 5) is 30.7. The number of anilines is 1. The van der Waals surface area contributed by atoms with Gasteiger partial charge in [0.15, 0.2) is 5.82 Å². The summed E-state index contributed by atoms with van der Waals surface area (Å²) in [7, 11) is 3.93. The lowest BCUT2D eigenvalue weighted by molar-refractivity contribution is -0.116. The van der Waals surface area contributed by atoms with E-state index in [1.165, 1.54) is 18.5 Å². The van der Waals surface area contributed by atoms with Gasteiger partial charge < -0.3 is 10.2 Å². The summed E-state index contributed by atoms with van der Waals surface area (Å²) in [5.74, 6) is -0.536. The number of carbonyl (C=O) groups excluding carboxylic acids is 1. The van der Waals surface area contributed by atoms with Crippen LogP contribution in [0.4, 0.5) is 10.2 Å². The second kappa shape index (κ2) is 7.44. The maximum atomic E-state index is 13.3. The molecule has 2 aromatic heterocycles. The number of benzene rings is 1. The molecule has 3 rings (SSSR count). The second-order valence-electron chi connectivity index (χ2n) is 6.15. The Morgan fingerprint density at radius 1 is 1.31 bits per heavy atom. The Kier molecular flexibility index (Phi) is 5.08. The molecule has 0 fully saturated rings. The van der Waals surface area contributed by atoms with Crippen molar-refractivity contribution >= 4 is 22.6 Å². The van der Waals surface area contributed by atoms with Crippen LogP contribution in [0.25, 0.3) is 10.9 Å². The summed E-state index contributed by atoms with van der Waals surface area (Å²) < 4.78 is 16.2. The molecule has 1 aromatic carbocycles. The molecule has 0 atom stereocenters. The average Bonchev–Trinajstić information content (AvgIpc) is 3.03. The van der Waals surface area contributed by atoms with E-state index in [4.69, 9.17) is 0 Å². The highest BCUT2D eigenvalue weighted by Gasteiger charge is 2.10. The van der Waals surface area contributed by atoms with Crippen molar-refractivity contribution in [2.45, 2.75) is 13.1 Å². The number of aromatic nitrogens is 4. The first-order valence-corrected chi connectivity index (χ1v) is 8.05. The van der Waals surface area contributed by atoms with E-state index in [2.05, 4.69) is 15.4 Å². The molecule has 9 heteroatoms. The molecule has 3 aromatic rings. The fourth-order valence-corrected chi connectivity index (χ4v) is 2.44. The Morgan fingerprint density at radius 3 is 2.88 bits per heavy atom. The van der Waals surface area contributed by atoms with Gasteiger partial charge in [-0.1, -0.05) is 0 Å². The van der Waals surface area contributed by atoms with Gasteiger partial charge in [-0.3, -0.25) is 18.8 Å². The van der Waals surface area contributed by atoms with Crippen molar-refractivity contribution in [2.75, 3.05) is 26.0 Å². The lowest BCUT2D eigenvalue weighted by Gasteiger charge is -2.09. The van der Waals surface area contributed by atoms with Crippen LogP contribution in [-0.2, 0) is 17.9 Å². The Labute approximate surface area is 148 Å². The smallest absolute Gasteiger partial charge is 0.261 e. The van der Waals surface area contributed by atoms with Gasteiger partial charge in [0.2, 0.25) is 5.91 Å². The minimum absolute atomic E-state index is 0.133.